The molecule has 22 heavy (non-hydrogen) atoms. The van der Waals surface area contributed by atoms with Gasteiger partial charge in [-0.25, -0.2) is 0 Å². The highest BCUT2D eigenvalue weighted by atomic mass is 127. The van der Waals surface area contributed by atoms with Gasteiger partial charge < -0.3 is 19.5 Å². The summed E-state index contributed by atoms with van der Waals surface area (Å²) in [6, 6.07) is 12.8. The fourth-order valence-electron chi connectivity index (χ4n) is 2.00. The molecule has 2 aromatic rings. The smallest absolute Gasteiger partial charge is 0.251 e. The summed E-state index contributed by atoms with van der Waals surface area (Å²) in [5, 5.41) is 2.82. The monoisotopic (exact) mass is 411 g/mol. The highest BCUT2D eigenvalue weighted by Gasteiger charge is 2.13. The van der Waals surface area contributed by atoms with Crippen molar-refractivity contribution in [2.45, 2.75) is 0 Å². The van der Waals surface area contributed by atoms with Gasteiger partial charge in [0.25, 0.3) is 5.91 Å². The van der Waals surface area contributed by atoms with Crippen LogP contribution in [0.15, 0.2) is 42.5 Å². The minimum atomic E-state index is -0.106. The van der Waals surface area contributed by atoms with Gasteiger partial charge in [0.1, 0.15) is 12.4 Å². The standard InChI is InChI=1S/C16H14INO4/c17-12-3-1-11(2-4-12)16(19)18-7-8-20-13-5-6-14-15(9-13)22-10-21-14/h1-6,9H,7-8,10H2,(H,18,19). The molecule has 0 atom stereocenters. The summed E-state index contributed by atoms with van der Waals surface area (Å²) in [6.07, 6.45) is 0. The highest BCUT2D eigenvalue weighted by molar-refractivity contribution is 14.1. The van der Waals surface area contributed by atoms with Gasteiger partial charge in [-0.15, -0.1) is 0 Å². The van der Waals surface area contributed by atoms with Crippen LogP contribution in [0.5, 0.6) is 17.2 Å². The maximum Gasteiger partial charge on any atom is 0.251 e. The van der Waals surface area contributed by atoms with Crippen molar-refractivity contribution in [2.75, 3.05) is 19.9 Å². The van der Waals surface area contributed by atoms with Gasteiger partial charge in [-0.3, -0.25) is 4.79 Å². The van der Waals surface area contributed by atoms with Gasteiger partial charge in [-0.2, -0.15) is 0 Å². The average molecular weight is 411 g/mol. The molecule has 0 fully saturated rings. The quantitative estimate of drug-likeness (QED) is 0.608. The highest BCUT2D eigenvalue weighted by Crippen LogP contribution is 2.34. The predicted octanol–water partition coefficient (Wildman–Crippen LogP) is 2.83. The molecule has 0 radical (unpaired) electrons. The summed E-state index contributed by atoms with van der Waals surface area (Å²) in [7, 11) is 0. The molecule has 0 saturated heterocycles. The number of fused-ring (bicyclic) bond motifs is 1. The van der Waals surface area contributed by atoms with Crippen LogP contribution in [-0.2, 0) is 0 Å². The van der Waals surface area contributed by atoms with Crippen LogP contribution in [0, 0.1) is 3.57 Å². The van der Waals surface area contributed by atoms with Gasteiger partial charge in [0.2, 0.25) is 6.79 Å². The molecule has 0 aliphatic carbocycles. The van der Waals surface area contributed by atoms with E-state index >= 15 is 0 Å². The Hall–Kier alpha value is -1.96. The van der Waals surface area contributed by atoms with Gasteiger partial charge in [-0.05, 0) is 59.0 Å². The Kier molecular flexibility index (Phi) is 4.67. The molecular formula is C16H14INO4. The minimum Gasteiger partial charge on any atom is -0.492 e. The SMILES string of the molecule is O=C(NCCOc1ccc2c(c1)OCO2)c1ccc(I)cc1. The van der Waals surface area contributed by atoms with E-state index in [9.17, 15) is 4.79 Å². The van der Waals surface area contributed by atoms with E-state index in [1.165, 1.54) is 0 Å². The summed E-state index contributed by atoms with van der Waals surface area (Å²) in [4.78, 5) is 11.9. The first-order chi connectivity index (χ1) is 10.7. The number of amides is 1. The largest absolute Gasteiger partial charge is 0.492 e. The minimum absolute atomic E-state index is 0.106. The van der Waals surface area contributed by atoms with E-state index in [-0.39, 0.29) is 12.7 Å². The van der Waals surface area contributed by atoms with Crippen LogP contribution in [0.25, 0.3) is 0 Å². The average Bonchev–Trinajstić information content (AvgIpc) is 2.99. The van der Waals surface area contributed by atoms with Crippen molar-refractivity contribution in [1.82, 2.24) is 5.32 Å². The molecule has 5 nitrogen and oxygen atoms in total. The predicted molar refractivity (Wildman–Crippen MR) is 89.6 cm³/mol. The molecule has 0 unspecified atom stereocenters. The van der Waals surface area contributed by atoms with Crippen LogP contribution in [0.1, 0.15) is 10.4 Å². The molecule has 1 aliphatic rings. The zero-order valence-electron chi connectivity index (χ0n) is 11.7. The number of hydrogen-bond acceptors (Lipinski definition) is 4. The molecule has 1 amide bonds. The van der Waals surface area contributed by atoms with Crippen molar-refractivity contribution in [2.24, 2.45) is 0 Å². The number of carbonyl (C=O) groups excluding carboxylic acids is 1. The van der Waals surface area contributed by atoms with Gasteiger partial charge in [-0.1, -0.05) is 0 Å². The fraction of sp³-hybridized carbons (Fsp3) is 0.188. The van der Waals surface area contributed by atoms with Gasteiger partial charge in [0.05, 0.1) is 6.54 Å². The van der Waals surface area contributed by atoms with E-state index in [1.807, 2.05) is 24.3 Å². The second-order valence-electron chi connectivity index (χ2n) is 4.63. The second-order valence-corrected chi connectivity index (χ2v) is 5.87. The van der Waals surface area contributed by atoms with Crippen LogP contribution in [-0.4, -0.2) is 25.9 Å². The topological polar surface area (TPSA) is 56.8 Å². The molecule has 0 spiro atoms. The Balaban J connectivity index is 1.45. The Morgan fingerprint density at radius 1 is 1.14 bits per heavy atom. The zero-order valence-corrected chi connectivity index (χ0v) is 13.8. The first kappa shape index (κ1) is 15.0. The number of carbonyl (C=O) groups is 1. The zero-order chi connectivity index (χ0) is 15.4. The molecule has 0 aromatic heterocycles. The van der Waals surface area contributed by atoms with Crippen LogP contribution in [0.4, 0.5) is 0 Å². The van der Waals surface area contributed by atoms with Gasteiger partial charge in [0.15, 0.2) is 11.5 Å². The van der Waals surface area contributed by atoms with E-state index < -0.39 is 0 Å². The molecule has 0 bridgehead atoms. The van der Waals surface area contributed by atoms with E-state index in [2.05, 4.69) is 27.9 Å². The normalized spacial score (nSPS) is 12.0. The van der Waals surface area contributed by atoms with Crippen molar-refractivity contribution in [3.63, 3.8) is 0 Å². The molecule has 3 rings (SSSR count). The Morgan fingerprint density at radius 3 is 2.73 bits per heavy atom. The first-order valence-electron chi connectivity index (χ1n) is 6.78. The van der Waals surface area contributed by atoms with E-state index in [1.54, 1.807) is 18.2 Å². The molecule has 114 valence electrons. The molecule has 1 aliphatic heterocycles. The lowest BCUT2D eigenvalue weighted by Crippen LogP contribution is -2.28. The molecular weight excluding hydrogens is 397 g/mol. The number of halogens is 1. The summed E-state index contributed by atoms with van der Waals surface area (Å²) in [6.45, 7) is 1.06. The van der Waals surface area contributed by atoms with Crippen LogP contribution in [0.3, 0.4) is 0 Å². The molecule has 1 heterocycles. The number of rotatable bonds is 5. The summed E-state index contributed by atoms with van der Waals surface area (Å²) in [5.74, 6) is 1.98. The third kappa shape index (κ3) is 3.62. The Bertz CT molecular complexity index is 672. The maximum absolute atomic E-state index is 11.9. The summed E-state index contributed by atoms with van der Waals surface area (Å²) in [5.41, 5.74) is 0.642. The number of nitrogens with one attached hydrogen (secondary N) is 1. The second kappa shape index (κ2) is 6.87. The van der Waals surface area contributed by atoms with Crippen molar-refractivity contribution in [3.8, 4) is 17.2 Å². The van der Waals surface area contributed by atoms with Crippen molar-refractivity contribution in [1.29, 1.82) is 0 Å². The van der Waals surface area contributed by atoms with E-state index in [0.717, 1.165) is 9.32 Å². The fourth-order valence-corrected chi connectivity index (χ4v) is 2.36. The summed E-state index contributed by atoms with van der Waals surface area (Å²) >= 11 is 2.20. The van der Waals surface area contributed by atoms with E-state index in [0.29, 0.717) is 30.2 Å². The number of benzene rings is 2. The number of ether oxygens (including phenoxy) is 3. The molecule has 2 aromatic carbocycles. The van der Waals surface area contributed by atoms with Crippen molar-refractivity contribution < 1.29 is 19.0 Å². The lowest BCUT2D eigenvalue weighted by atomic mass is 10.2. The molecule has 6 heteroatoms. The number of hydrogen-bond donors (Lipinski definition) is 1. The molecule has 1 N–H and O–H groups in total. The maximum atomic E-state index is 11.9. The van der Waals surface area contributed by atoms with Crippen molar-refractivity contribution in [3.05, 3.63) is 51.6 Å². The van der Waals surface area contributed by atoms with Crippen LogP contribution in [0.2, 0.25) is 0 Å². The van der Waals surface area contributed by atoms with Crippen LogP contribution >= 0.6 is 22.6 Å². The molecule has 0 saturated carbocycles. The third-order valence-corrected chi connectivity index (χ3v) is 3.83. The summed E-state index contributed by atoms with van der Waals surface area (Å²) < 4.78 is 17.2. The Labute approximate surface area is 141 Å². The van der Waals surface area contributed by atoms with Crippen LogP contribution < -0.4 is 19.5 Å². The lowest BCUT2D eigenvalue weighted by molar-refractivity contribution is 0.0947. The van der Waals surface area contributed by atoms with Crippen molar-refractivity contribution >= 4 is 28.5 Å². The van der Waals surface area contributed by atoms with Gasteiger partial charge in [0, 0.05) is 15.2 Å². The lowest BCUT2D eigenvalue weighted by Gasteiger charge is -2.08. The third-order valence-electron chi connectivity index (χ3n) is 3.11. The first-order valence-corrected chi connectivity index (χ1v) is 7.86. The van der Waals surface area contributed by atoms with Gasteiger partial charge >= 0.3 is 0 Å². The Morgan fingerprint density at radius 2 is 1.91 bits per heavy atom. The van der Waals surface area contributed by atoms with E-state index in [4.69, 9.17) is 14.2 Å².